The molecule has 1 aromatic heterocycles. The molecule has 0 unspecified atom stereocenters. The predicted molar refractivity (Wildman–Crippen MR) is 138 cm³/mol. The quantitative estimate of drug-likeness (QED) is 0.285. The number of thiazole rings is 1. The van der Waals surface area contributed by atoms with E-state index in [9.17, 15) is 8.42 Å². The molecule has 7 nitrogen and oxygen atoms in total. The largest absolute Gasteiger partial charge is 0.357 e. The van der Waals surface area contributed by atoms with Gasteiger partial charge in [-0.15, -0.1) is 35.3 Å². The molecular formula is C21H32IN5O2S2. The van der Waals surface area contributed by atoms with Gasteiger partial charge in [0.05, 0.1) is 16.4 Å². The van der Waals surface area contributed by atoms with E-state index in [1.165, 1.54) is 4.88 Å². The minimum absolute atomic E-state index is 0. The average Bonchev–Trinajstić information content (AvgIpc) is 3.18. The molecule has 172 valence electrons. The summed E-state index contributed by atoms with van der Waals surface area (Å²) in [5.41, 5.74) is 0.876. The zero-order chi connectivity index (χ0) is 21.4. The van der Waals surface area contributed by atoms with Crippen molar-refractivity contribution in [3.8, 4) is 0 Å². The van der Waals surface area contributed by atoms with E-state index in [1.807, 2.05) is 19.2 Å². The molecule has 2 heterocycles. The molecule has 0 amide bonds. The summed E-state index contributed by atoms with van der Waals surface area (Å²) in [5.74, 6) is 0.718. The van der Waals surface area contributed by atoms with Crippen LogP contribution in [0.25, 0.3) is 0 Å². The lowest BCUT2D eigenvalue weighted by Crippen LogP contribution is -2.38. The van der Waals surface area contributed by atoms with E-state index in [2.05, 4.69) is 27.5 Å². The number of nitrogens with one attached hydrogen (secondary N) is 2. The van der Waals surface area contributed by atoms with E-state index in [0.717, 1.165) is 55.3 Å². The van der Waals surface area contributed by atoms with E-state index in [-0.39, 0.29) is 24.0 Å². The van der Waals surface area contributed by atoms with Gasteiger partial charge in [-0.1, -0.05) is 18.6 Å². The highest BCUT2D eigenvalue weighted by Gasteiger charge is 2.25. The lowest BCUT2D eigenvalue weighted by Gasteiger charge is -2.26. The van der Waals surface area contributed by atoms with Crippen LogP contribution in [0.4, 0.5) is 0 Å². The van der Waals surface area contributed by atoms with Crippen LogP contribution in [0.5, 0.6) is 0 Å². The number of guanidine groups is 1. The molecule has 1 fully saturated rings. The Morgan fingerprint density at radius 1 is 1.23 bits per heavy atom. The first kappa shape index (κ1) is 26.0. The Morgan fingerprint density at radius 2 is 2.00 bits per heavy atom. The van der Waals surface area contributed by atoms with Crippen molar-refractivity contribution < 1.29 is 8.42 Å². The van der Waals surface area contributed by atoms with Crippen LogP contribution in [0.3, 0.4) is 0 Å². The van der Waals surface area contributed by atoms with Gasteiger partial charge < -0.3 is 10.6 Å². The zero-order valence-electron chi connectivity index (χ0n) is 18.1. The van der Waals surface area contributed by atoms with Gasteiger partial charge in [0.25, 0.3) is 0 Å². The Morgan fingerprint density at radius 3 is 2.68 bits per heavy atom. The molecule has 0 spiro atoms. The molecule has 1 aliphatic heterocycles. The number of nitrogens with zero attached hydrogens (tertiary/aromatic N) is 3. The minimum atomic E-state index is -3.43. The third kappa shape index (κ3) is 7.69. The summed E-state index contributed by atoms with van der Waals surface area (Å²) in [6.07, 6.45) is 5.70. The summed E-state index contributed by atoms with van der Waals surface area (Å²) in [4.78, 5) is 10.6. The van der Waals surface area contributed by atoms with Crippen LogP contribution in [0.15, 0.2) is 40.4 Å². The van der Waals surface area contributed by atoms with Crippen LogP contribution < -0.4 is 10.6 Å². The van der Waals surface area contributed by atoms with Crippen molar-refractivity contribution in [3.63, 3.8) is 0 Å². The molecule has 0 saturated carbocycles. The fraction of sp³-hybridized carbons (Fsp3) is 0.524. The van der Waals surface area contributed by atoms with E-state index in [0.29, 0.717) is 24.5 Å². The number of hydrogen-bond donors (Lipinski definition) is 2. The molecule has 3 rings (SSSR count). The van der Waals surface area contributed by atoms with Gasteiger partial charge in [-0.2, -0.15) is 4.31 Å². The third-order valence-corrected chi connectivity index (χ3v) is 7.78. The number of aryl methyl sites for hydroxylation is 1. The number of aromatic nitrogens is 1. The van der Waals surface area contributed by atoms with Crippen LogP contribution in [-0.2, 0) is 23.0 Å². The number of hydrogen-bond acceptors (Lipinski definition) is 5. The monoisotopic (exact) mass is 577 g/mol. The average molecular weight is 578 g/mol. The van der Waals surface area contributed by atoms with Crippen molar-refractivity contribution in [3.05, 3.63) is 45.9 Å². The second-order valence-corrected chi connectivity index (χ2v) is 10.6. The summed E-state index contributed by atoms with van der Waals surface area (Å²) in [5, 5.41) is 7.66. The maximum absolute atomic E-state index is 12.9. The van der Waals surface area contributed by atoms with Gasteiger partial charge in [-0.05, 0) is 44.4 Å². The Labute approximate surface area is 206 Å². The van der Waals surface area contributed by atoms with Crippen molar-refractivity contribution in [2.24, 2.45) is 4.99 Å². The summed E-state index contributed by atoms with van der Waals surface area (Å²) in [6, 6.07) is 7.14. The van der Waals surface area contributed by atoms with Crippen molar-refractivity contribution >= 4 is 51.3 Å². The highest BCUT2D eigenvalue weighted by atomic mass is 127. The van der Waals surface area contributed by atoms with Crippen LogP contribution >= 0.6 is 35.3 Å². The highest BCUT2D eigenvalue weighted by Crippen LogP contribution is 2.21. The fourth-order valence-electron chi connectivity index (χ4n) is 3.38. The Hall–Kier alpha value is -1.24. The smallest absolute Gasteiger partial charge is 0.243 e. The lowest BCUT2D eigenvalue weighted by molar-refractivity contribution is 0.346. The molecule has 1 saturated heterocycles. The molecule has 0 aliphatic carbocycles. The molecule has 10 heteroatoms. The first-order valence-electron chi connectivity index (χ1n) is 10.5. The van der Waals surface area contributed by atoms with Crippen molar-refractivity contribution in [2.75, 3.05) is 26.2 Å². The molecule has 2 aromatic rings. The molecule has 0 atom stereocenters. The Bertz CT molecular complexity index is 956. The molecule has 0 bridgehead atoms. The molecule has 1 aromatic carbocycles. The number of halogens is 1. The normalized spacial score (nSPS) is 15.4. The second-order valence-electron chi connectivity index (χ2n) is 7.35. The zero-order valence-corrected chi connectivity index (χ0v) is 22.1. The molecule has 0 radical (unpaired) electrons. The third-order valence-electron chi connectivity index (χ3n) is 4.92. The molecular weight excluding hydrogens is 545 g/mol. The van der Waals surface area contributed by atoms with Gasteiger partial charge in [0, 0.05) is 43.7 Å². The Kier molecular flexibility index (Phi) is 10.7. The molecule has 31 heavy (non-hydrogen) atoms. The number of sulfonamides is 1. The van der Waals surface area contributed by atoms with Gasteiger partial charge in [0.2, 0.25) is 10.0 Å². The molecule has 1 aliphatic rings. The highest BCUT2D eigenvalue weighted by molar-refractivity contribution is 14.0. The van der Waals surface area contributed by atoms with E-state index in [1.54, 1.807) is 33.8 Å². The standard InChI is InChI=1S/C21H31N5O2S2.HI/c1-3-22-21(23-11-10-20-24-15-17(2)29-20)25-16-18-8-7-9-19(14-18)30(27,28)26-12-5-4-6-13-26;/h7-9,14-15H,3-6,10-13,16H2,1-2H3,(H2,22,23,25);1H. The van der Waals surface area contributed by atoms with Crippen LogP contribution in [0.2, 0.25) is 0 Å². The first-order valence-corrected chi connectivity index (χ1v) is 12.8. The predicted octanol–water partition coefficient (Wildman–Crippen LogP) is 3.54. The van der Waals surface area contributed by atoms with Crippen molar-refractivity contribution in [1.29, 1.82) is 0 Å². The SMILES string of the molecule is CCNC(=NCc1cccc(S(=O)(=O)N2CCCCC2)c1)NCCc1ncc(C)s1.I. The fourth-order valence-corrected chi connectivity index (χ4v) is 5.75. The van der Waals surface area contributed by atoms with Gasteiger partial charge >= 0.3 is 0 Å². The van der Waals surface area contributed by atoms with Crippen molar-refractivity contribution in [1.82, 2.24) is 19.9 Å². The topological polar surface area (TPSA) is 86.7 Å². The van der Waals surface area contributed by atoms with Gasteiger partial charge in [0.15, 0.2) is 5.96 Å². The second kappa shape index (κ2) is 12.7. The van der Waals surface area contributed by atoms with E-state index >= 15 is 0 Å². The van der Waals surface area contributed by atoms with Crippen molar-refractivity contribution in [2.45, 2.75) is 51.0 Å². The van der Waals surface area contributed by atoms with Gasteiger partial charge in [-0.3, -0.25) is 0 Å². The molecule has 2 N–H and O–H groups in total. The number of aliphatic imine (C=N–C) groups is 1. The van der Waals surface area contributed by atoms with Gasteiger partial charge in [0.1, 0.15) is 0 Å². The maximum Gasteiger partial charge on any atom is 0.243 e. The van der Waals surface area contributed by atoms with E-state index < -0.39 is 10.0 Å². The van der Waals surface area contributed by atoms with Crippen LogP contribution in [0.1, 0.15) is 41.6 Å². The van der Waals surface area contributed by atoms with Crippen LogP contribution in [-0.4, -0.2) is 49.8 Å². The summed E-state index contributed by atoms with van der Waals surface area (Å²) >= 11 is 1.71. The van der Waals surface area contributed by atoms with Gasteiger partial charge in [-0.25, -0.2) is 18.4 Å². The maximum atomic E-state index is 12.9. The summed E-state index contributed by atoms with van der Waals surface area (Å²) in [6.45, 7) is 7.20. The number of piperidine rings is 1. The Balaban J connectivity index is 0.00000341. The summed E-state index contributed by atoms with van der Waals surface area (Å²) in [7, 11) is -3.43. The number of benzene rings is 1. The summed E-state index contributed by atoms with van der Waals surface area (Å²) < 4.78 is 27.4. The first-order chi connectivity index (χ1) is 14.5. The van der Waals surface area contributed by atoms with E-state index in [4.69, 9.17) is 0 Å². The number of rotatable bonds is 8. The minimum Gasteiger partial charge on any atom is -0.357 e. The van der Waals surface area contributed by atoms with Crippen LogP contribution in [0, 0.1) is 6.92 Å². The lowest BCUT2D eigenvalue weighted by atomic mass is 10.2.